The number of nitrogens with one attached hydrogen (secondary N) is 1. The van der Waals surface area contributed by atoms with Crippen molar-refractivity contribution in [1.82, 2.24) is 9.80 Å². The van der Waals surface area contributed by atoms with Crippen molar-refractivity contribution in [2.24, 2.45) is 5.92 Å². The third kappa shape index (κ3) is 4.48. The summed E-state index contributed by atoms with van der Waals surface area (Å²) in [5.74, 6) is 0.247. The Labute approximate surface area is 201 Å². The molecule has 2 aromatic rings. The van der Waals surface area contributed by atoms with E-state index in [0.29, 0.717) is 36.8 Å². The van der Waals surface area contributed by atoms with Crippen LogP contribution in [0.1, 0.15) is 55.2 Å². The summed E-state index contributed by atoms with van der Waals surface area (Å²) < 4.78 is 14.8. The van der Waals surface area contributed by atoms with Crippen molar-refractivity contribution in [3.05, 3.63) is 65.0 Å². The van der Waals surface area contributed by atoms with Crippen LogP contribution >= 0.6 is 0 Å². The van der Waals surface area contributed by atoms with Crippen molar-refractivity contribution < 1.29 is 14.0 Å². The summed E-state index contributed by atoms with van der Waals surface area (Å²) in [4.78, 5) is 30.1. The lowest BCUT2D eigenvalue weighted by Gasteiger charge is -2.36. The van der Waals surface area contributed by atoms with E-state index in [9.17, 15) is 14.0 Å². The van der Waals surface area contributed by atoms with E-state index in [0.717, 1.165) is 62.7 Å². The van der Waals surface area contributed by atoms with Crippen LogP contribution in [-0.2, 0) is 21.5 Å². The van der Waals surface area contributed by atoms with Gasteiger partial charge >= 0.3 is 0 Å². The lowest BCUT2D eigenvalue weighted by molar-refractivity contribution is -0.137. The smallest absolute Gasteiger partial charge is 0.235 e. The van der Waals surface area contributed by atoms with Gasteiger partial charge < -0.3 is 10.2 Å². The Morgan fingerprint density at radius 3 is 2.32 bits per heavy atom. The van der Waals surface area contributed by atoms with Gasteiger partial charge in [0.05, 0.1) is 5.41 Å². The minimum Gasteiger partial charge on any atom is -0.340 e. The first-order chi connectivity index (χ1) is 16.5. The summed E-state index contributed by atoms with van der Waals surface area (Å²) in [6, 6.07) is 13.0. The number of rotatable bonds is 6. The van der Waals surface area contributed by atoms with E-state index in [1.165, 1.54) is 6.07 Å². The second kappa shape index (κ2) is 9.49. The molecule has 1 heterocycles. The molecule has 0 aromatic heterocycles. The number of anilines is 1. The Kier molecular flexibility index (Phi) is 6.43. The number of hydrogen-bond donors (Lipinski definition) is 1. The molecule has 2 aliphatic carbocycles. The van der Waals surface area contributed by atoms with Gasteiger partial charge in [0.25, 0.3) is 0 Å². The SMILES string of the molecule is Cc1c(NC(=O)C2(c3ccccc3)CC2)ccc(F)c1CN1CCN(C(=O)C2CCCC2)CC1. The van der Waals surface area contributed by atoms with Gasteiger partial charge in [-0.1, -0.05) is 43.2 Å². The largest absolute Gasteiger partial charge is 0.340 e. The summed E-state index contributed by atoms with van der Waals surface area (Å²) in [5.41, 5.74) is 2.65. The molecule has 5 rings (SSSR count). The zero-order valence-corrected chi connectivity index (χ0v) is 20.0. The van der Waals surface area contributed by atoms with Gasteiger partial charge in [0.1, 0.15) is 5.82 Å². The van der Waals surface area contributed by atoms with E-state index in [2.05, 4.69) is 10.2 Å². The Morgan fingerprint density at radius 1 is 1.00 bits per heavy atom. The second-order valence-corrected chi connectivity index (χ2v) is 10.2. The summed E-state index contributed by atoms with van der Waals surface area (Å²) in [6.45, 7) is 5.25. The molecule has 2 aromatic carbocycles. The van der Waals surface area contributed by atoms with Crippen LogP contribution in [-0.4, -0.2) is 47.8 Å². The van der Waals surface area contributed by atoms with Gasteiger partial charge in [-0.05, 0) is 55.9 Å². The highest BCUT2D eigenvalue weighted by Crippen LogP contribution is 2.49. The molecule has 2 saturated carbocycles. The number of piperazine rings is 1. The number of benzene rings is 2. The monoisotopic (exact) mass is 463 g/mol. The van der Waals surface area contributed by atoms with Gasteiger partial charge in [-0.25, -0.2) is 4.39 Å². The van der Waals surface area contributed by atoms with Gasteiger partial charge in [0.2, 0.25) is 11.8 Å². The minimum absolute atomic E-state index is 0.0154. The molecule has 5 nitrogen and oxygen atoms in total. The van der Waals surface area contributed by atoms with Crippen LogP contribution in [0.3, 0.4) is 0 Å². The number of halogens is 1. The summed E-state index contributed by atoms with van der Waals surface area (Å²) in [5, 5.41) is 3.09. The van der Waals surface area contributed by atoms with Crippen LogP contribution in [0.2, 0.25) is 0 Å². The molecule has 3 aliphatic rings. The Morgan fingerprint density at radius 2 is 1.68 bits per heavy atom. The topological polar surface area (TPSA) is 52.7 Å². The number of carbonyl (C=O) groups is 2. The Hall–Kier alpha value is -2.73. The van der Waals surface area contributed by atoms with Crippen LogP contribution in [0.25, 0.3) is 0 Å². The van der Waals surface area contributed by atoms with Gasteiger partial charge in [0.15, 0.2) is 0 Å². The molecular weight excluding hydrogens is 429 g/mol. The van der Waals surface area contributed by atoms with E-state index in [1.807, 2.05) is 42.2 Å². The highest BCUT2D eigenvalue weighted by atomic mass is 19.1. The molecule has 3 fully saturated rings. The van der Waals surface area contributed by atoms with Crippen molar-refractivity contribution in [2.75, 3.05) is 31.5 Å². The highest BCUT2D eigenvalue weighted by Gasteiger charge is 2.51. The molecule has 180 valence electrons. The van der Waals surface area contributed by atoms with Crippen molar-refractivity contribution in [1.29, 1.82) is 0 Å². The quantitative estimate of drug-likeness (QED) is 0.679. The average molecular weight is 464 g/mol. The van der Waals surface area contributed by atoms with Crippen LogP contribution in [0, 0.1) is 18.7 Å². The van der Waals surface area contributed by atoms with Gasteiger partial charge in [-0.3, -0.25) is 14.5 Å². The fourth-order valence-corrected chi connectivity index (χ4v) is 5.61. The van der Waals surface area contributed by atoms with Crippen LogP contribution in [0.5, 0.6) is 0 Å². The first-order valence-corrected chi connectivity index (χ1v) is 12.6. The molecule has 34 heavy (non-hydrogen) atoms. The average Bonchev–Trinajstić information content (AvgIpc) is 3.50. The van der Waals surface area contributed by atoms with Crippen molar-refractivity contribution in [3.8, 4) is 0 Å². The Balaban J connectivity index is 1.23. The van der Waals surface area contributed by atoms with Crippen LogP contribution in [0.4, 0.5) is 10.1 Å². The fourth-order valence-electron chi connectivity index (χ4n) is 5.61. The van der Waals surface area contributed by atoms with Crippen LogP contribution in [0.15, 0.2) is 42.5 Å². The molecule has 1 saturated heterocycles. The summed E-state index contributed by atoms with van der Waals surface area (Å²) in [6.07, 6.45) is 6.03. The number of hydrogen-bond acceptors (Lipinski definition) is 3. The fraction of sp³-hybridized carbons (Fsp3) is 0.500. The zero-order valence-electron chi connectivity index (χ0n) is 20.0. The van der Waals surface area contributed by atoms with Crippen molar-refractivity contribution in [3.63, 3.8) is 0 Å². The van der Waals surface area contributed by atoms with Crippen LogP contribution < -0.4 is 5.32 Å². The molecule has 0 unspecified atom stereocenters. The molecule has 0 bridgehead atoms. The van der Waals surface area contributed by atoms with E-state index >= 15 is 0 Å². The summed E-state index contributed by atoms with van der Waals surface area (Å²) >= 11 is 0. The number of amides is 2. The molecule has 0 radical (unpaired) electrons. The van der Waals surface area contributed by atoms with E-state index in [-0.39, 0.29) is 17.6 Å². The maximum Gasteiger partial charge on any atom is 0.235 e. The van der Waals surface area contributed by atoms with E-state index in [1.54, 1.807) is 6.07 Å². The van der Waals surface area contributed by atoms with E-state index in [4.69, 9.17) is 0 Å². The molecule has 0 atom stereocenters. The normalized spacial score (nSPS) is 20.4. The number of carbonyl (C=O) groups excluding carboxylic acids is 2. The maximum atomic E-state index is 14.8. The predicted molar refractivity (Wildman–Crippen MR) is 131 cm³/mol. The standard InChI is InChI=1S/C28H34FN3O2/c1-20-23(19-31-15-17-32(18-16-31)26(33)21-7-5-6-8-21)24(29)11-12-25(20)30-27(34)28(13-14-28)22-9-3-2-4-10-22/h2-4,9-12,21H,5-8,13-19H2,1H3,(H,30,34). The van der Waals surface area contributed by atoms with Crippen molar-refractivity contribution in [2.45, 2.75) is 57.4 Å². The zero-order chi connectivity index (χ0) is 23.7. The predicted octanol–water partition coefficient (Wildman–Crippen LogP) is 4.64. The second-order valence-electron chi connectivity index (χ2n) is 10.2. The first kappa shape index (κ1) is 23.0. The molecule has 0 spiro atoms. The lowest BCUT2D eigenvalue weighted by Crippen LogP contribution is -2.49. The van der Waals surface area contributed by atoms with Gasteiger partial charge in [0, 0.05) is 49.9 Å². The molecule has 2 amide bonds. The maximum absolute atomic E-state index is 14.8. The third-order valence-electron chi connectivity index (χ3n) is 8.07. The molecular formula is C28H34FN3O2. The van der Waals surface area contributed by atoms with Crippen molar-refractivity contribution >= 4 is 17.5 Å². The highest BCUT2D eigenvalue weighted by molar-refractivity contribution is 6.01. The molecule has 1 aliphatic heterocycles. The first-order valence-electron chi connectivity index (χ1n) is 12.6. The molecule has 6 heteroatoms. The lowest BCUT2D eigenvalue weighted by atomic mass is 9.94. The molecule has 1 N–H and O–H groups in total. The summed E-state index contributed by atoms with van der Waals surface area (Å²) in [7, 11) is 0. The third-order valence-corrected chi connectivity index (χ3v) is 8.07. The van der Waals surface area contributed by atoms with E-state index < -0.39 is 5.41 Å². The Bertz CT molecular complexity index is 1050. The van der Waals surface area contributed by atoms with Gasteiger partial charge in [-0.2, -0.15) is 0 Å². The number of nitrogens with zero attached hydrogens (tertiary/aromatic N) is 2. The minimum atomic E-state index is -0.468. The van der Waals surface area contributed by atoms with Gasteiger partial charge in [-0.15, -0.1) is 0 Å².